The molecule has 0 unspecified atom stereocenters. The monoisotopic (exact) mass is 491 g/mol. The van der Waals surface area contributed by atoms with Crippen molar-refractivity contribution in [3.05, 3.63) is 107 Å². The molecule has 2 aliphatic rings. The van der Waals surface area contributed by atoms with E-state index < -0.39 is 12.0 Å². The maximum atomic E-state index is 13.7. The normalized spacial score (nSPS) is 23.7. The predicted molar refractivity (Wildman–Crippen MR) is 133 cm³/mol. The lowest BCUT2D eigenvalue weighted by Gasteiger charge is -2.42. The molecule has 3 aromatic carbocycles. The van der Waals surface area contributed by atoms with Crippen LogP contribution in [-0.4, -0.2) is 42.7 Å². The Morgan fingerprint density at radius 3 is 2.14 bits per heavy atom. The van der Waals surface area contributed by atoms with Crippen molar-refractivity contribution in [2.24, 2.45) is 5.92 Å². The van der Waals surface area contributed by atoms with E-state index in [1.165, 1.54) is 24.3 Å². The highest BCUT2D eigenvalue weighted by Gasteiger charge is 2.50. The molecule has 0 radical (unpaired) electrons. The van der Waals surface area contributed by atoms with Crippen LogP contribution in [0.2, 0.25) is 0 Å². The second-order valence-corrected chi connectivity index (χ2v) is 9.79. The van der Waals surface area contributed by atoms with Crippen molar-refractivity contribution < 1.29 is 23.0 Å². The zero-order valence-electron chi connectivity index (χ0n) is 20.4. The molecule has 2 heterocycles. The Morgan fingerprint density at radius 1 is 0.917 bits per heavy atom. The Hall–Kier alpha value is -3.09. The Labute approximate surface area is 210 Å². The van der Waals surface area contributed by atoms with Gasteiger partial charge in [-0.15, -0.1) is 0 Å². The zero-order valence-corrected chi connectivity index (χ0v) is 20.4. The van der Waals surface area contributed by atoms with Crippen molar-refractivity contribution in [3.8, 4) is 0 Å². The third-order valence-corrected chi connectivity index (χ3v) is 7.62. The topological polar surface area (TPSA) is 38.8 Å². The molecule has 4 nitrogen and oxygen atoms in total. The van der Waals surface area contributed by atoms with Crippen LogP contribution in [0.4, 0.5) is 8.78 Å². The summed E-state index contributed by atoms with van der Waals surface area (Å²) in [5.74, 6) is -1.36. The predicted octanol–water partition coefficient (Wildman–Crippen LogP) is 5.71. The first-order chi connectivity index (χ1) is 17.5. The van der Waals surface area contributed by atoms with Gasteiger partial charge in [-0.1, -0.05) is 54.6 Å². The molecule has 2 bridgehead atoms. The van der Waals surface area contributed by atoms with E-state index in [1.807, 2.05) is 30.3 Å². The van der Waals surface area contributed by atoms with Gasteiger partial charge >= 0.3 is 5.97 Å². The third-order valence-electron chi connectivity index (χ3n) is 7.62. The largest absolute Gasteiger partial charge is 0.465 e. The number of fused-ring (bicyclic) bond motifs is 2. The minimum atomic E-state index is -0.557. The molecular weight excluding hydrogens is 460 g/mol. The van der Waals surface area contributed by atoms with Crippen LogP contribution in [0.3, 0.4) is 0 Å². The average Bonchev–Trinajstić information content (AvgIpc) is 3.12. The van der Waals surface area contributed by atoms with Crippen molar-refractivity contribution >= 4 is 5.97 Å². The van der Waals surface area contributed by atoms with Gasteiger partial charge in [0.15, 0.2) is 0 Å². The highest BCUT2D eigenvalue weighted by atomic mass is 19.1. The summed E-state index contributed by atoms with van der Waals surface area (Å²) >= 11 is 0. The van der Waals surface area contributed by atoms with Crippen molar-refractivity contribution in [1.29, 1.82) is 0 Å². The second-order valence-electron chi connectivity index (χ2n) is 9.79. The van der Waals surface area contributed by atoms with Crippen LogP contribution in [0.25, 0.3) is 0 Å². The summed E-state index contributed by atoms with van der Waals surface area (Å²) in [4.78, 5) is 15.7. The number of rotatable bonds is 8. The second kappa shape index (κ2) is 10.9. The fraction of sp³-hybridized carbons (Fsp3) is 0.367. The average molecular weight is 492 g/mol. The molecule has 0 saturated carbocycles. The molecule has 3 aromatic rings. The van der Waals surface area contributed by atoms with Gasteiger partial charge in [-0.05, 0) is 67.3 Å². The van der Waals surface area contributed by atoms with Crippen molar-refractivity contribution in [3.63, 3.8) is 0 Å². The number of hydrogen-bond acceptors (Lipinski definition) is 4. The number of hydrogen-bond donors (Lipinski definition) is 0. The molecule has 0 N–H and O–H groups in total. The number of benzene rings is 3. The van der Waals surface area contributed by atoms with Crippen LogP contribution in [0, 0.1) is 17.6 Å². The van der Waals surface area contributed by atoms with E-state index in [1.54, 1.807) is 24.3 Å². The van der Waals surface area contributed by atoms with Gasteiger partial charge in [0.05, 0.1) is 18.6 Å². The Bertz CT molecular complexity index is 1110. The van der Waals surface area contributed by atoms with Crippen LogP contribution in [0.15, 0.2) is 78.9 Å². The van der Waals surface area contributed by atoms with E-state index in [2.05, 4.69) is 11.9 Å². The summed E-state index contributed by atoms with van der Waals surface area (Å²) in [5.41, 5.74) is 2.63. The Morgan fingerprint density at radius 2 is 1.53 bits per heavy atom. The number of esters is 1. The van der Waals surface area contributed by atoms with Gasteiger partial charge < -0.3 is 9.47 Å². The van der Waals surface area contributed by atoms with Crippen LogP contribution in [0.1, 0.15) is 42.1 Å². The highest BCUT2D eigenvalue weighted by Crippen LogP contribution is 2.42. The van der Waals surface area contributed by atoms with Crippen LogP contribution < -0.4 is 0 Å². The van der Waals surface area contributed by atoms with Crippen LogP contribution >= 0.6 is 0 Å². The fourth-order valence-corrected chi connectivity index (χ4v) is 5.68. The zero-order chi connectivity index (χ0) is 25.1. The van der Waals surface area contributed by atoms with E-state index in [0.717, 1.165) is 29.5 Å². The van der Waals surface area contributed by atoms with Crippen LogP contribution in [0.5, 0.6) is 0 Å². The number of nitrogens with zero attached hydrogens (tertiary/aromatic N) is 1. The third kappa shape index (κ3) is 5.35. The summed E-state index contributed by atoms with van der Waals surface area (Å²) in [5, 5.41) is 0. The molecule has 2 fully saturated rings. The first-order valence-corrected chi connectivity index (χ1v) is 12.6. The first kappa shape index (κ1) is 24.6. The molecule has 0 aromatic heterocycles. The standard InChI is InChI=1S/C30H31F2NO3/c1-33-25-15-16-26(33)28(30(34)35-18-17-20-5-3-2-4-6-20)27(19-25)36-29(21-7-11-23(31)12-8-21)22-9-13-24(32)14-10-22/h2-14,25-29H,15-19H2,1H3/t25-,26+,27+,28+/m1/s1. The summed E-state index contributed by atoms with van der Waals surface area (Å²) in [6.07, 6.45) is 2.34. The van der Waals surface area contributed by atoms with Crippen LogP contribution in [-0.2, 0) is 20.7 Å². The Kier molecular flexibility index (Phi) is 7.44. The number of piperidine rings is 1. The summed E-state index contributed by atoms with van der Waals surface area (Å²) in [6, 6.07) is 22.6. The molecule has 6 heteroatoms. The lowest BCUT2D eigenvalue weighted by atomic mass is 9.87. The maximum Gasteiger partial charge on any atom is 0.313 e. The van der Waals surface area contributed by atoms with Gasteiger partial charge in [0.25, 0.3) is 0 Å². The SMILES string of the molecule is CN1[C@@H]2CC[C@H]1[C@H](C(=O)OCCc1ccccc1)[C@@H](OC(c1ccc(F)cc1)c1ccc(F)cc1)C2. The minimum absolute atomic E-state index is 0.0417. The van der Waals surface area contributed by atoms with E-state index in [4.69, 9.17) is 9.47 Å². The van der Waals surface area contributed by atoms with E-state index in [0.29, 0.717) is 25.5 Å². The number of carbonyl (C=O) groups is 1. The first-order valence-electron chi connectivity index (χ1n) is 12.6. The molecule has 2 aliphatic heterocycles. The Balaban J connectivity index is 1.38. The smallest absolute Gasteiger partial charge is 0.313 e. The highest BCUT2D eigenvalue weighted by molar-refractivity contribution is 5.74. The lowest BCUT2D eigenvalue weighted by molar-refractivity contribution is -0.164. The molecule has 0 spiro atoms. The van der Waals surface area contributed by atoms with Crippen molar-refractivity contribution in [2.75, 3.05) is 13.7 Å². The van der Waals surface area contributed by atoms with Crippen molar-refractivity contribution in [1.82, 2.24) is 4.90 Å². The molecular formula is C30H31F2NO3. The quantitative estimate of drug-likeness (QED) is 0.379. The number of ether oxygens (including phenoxy) is 2. The summed E-state index contributed by atoms with van der Waals surface area (Å²) < 4.78 is 39.8. The van der Waals surface area contributed by atoms with Gasteiger partial charge in [0, 0.05) is 18.5 Å². The van der Waals surface area contributed by atoms with Gasteiger partial charge in [-0.2, -0.15) is 0 Å². The molecule has 0 amide bonds. The minimum Gasteiger partial charge on any atom is -0.465 e. The van der Waals surface area contributed by atoms with E-state index >= 15 is 0 Å². The molecule has 2 saturated heterocycles. The van der Waals surface area contributed by atoms with Gasteiger partial charge in [0.2, 0.25) is 0 Å². The molecule has 188 valence electrons. The fourth-order valence-electron chi connectivity index (χ4n) is 5.68. The van der Waals surface area contributed by atoms with E-state index in [9.17, 15) is 13.6 Å². The summed E-state index contributed by atoms with van der Waals surface area (Å²) in [7, 11) is 2.07. The number of carbonyl (C=O) groups excluding carboxylic acids is 1. The van der Waals surface area contributed by atoms with Gasteiger partial charge in [-0.3, -0.25) is 9.69 Å². The molecule has 0 aliphatic carbocycles. The van der Waals surface area contributed by atoms with Gasteiger partial charge in [-0.25, -0.2) is 8.78 Å². The summed E-state index contributed by atoms with van der Waals surface area (Å²) in [6.45, 7) is 0.311. The van der Waals surface area contributed by atoms with E-state index in [-0.39, 0.29) is 29.7 Å². The van der Waals surface area contributed by atoms with Gasteiger partial charge in [0.1, 0.15) is 17.7 Å². The lowest BCUT2D eigenvalue weighted by Crippen LogP contribution is -2.53. The molecule has 5 rings (SSSR count). The molecule has 4 atom stereocenters. The molecule has 36 heavy (non-hydrogen) atoms. The van der Waals surface area contributed by atoms with Crippen molar-refractivity contribution in [2.45, 2.75) is 50.0 Å². The maximum absolute atomic E-state index is 13.7. The number of halogens is 2.